The second kappa shape index (κ2) is 5.68. The number of carbonyl (C=O) groups is 1. The van der Waals surface area contributed by atoms with E-state index in [2.05, 4.69) is 5.32 Å². The SMILES string of the molecule is CCOc1cccc(C(=O)NC(C)(C)CN)c1. The van der Waals surface area contributed by atoms with Crippen molar-refractivity contribution in [1.29, 1.82) is 0 Å². The third kappa shape index (κ3) is 4.07. The van der Waals surface area contributed by atoms with E-state index < -0.39 is 5.54 Å². The number of ether oxygens (including phenoxy) is 1. The summed E-state index contributed by atoms with van der Waals surface area (Å²) < 4.78 is 5.35. The van der Waals surface area contributed by atoms with E-state index in [4.69, 9.17) is 10.5 Å². The van der Waals surface area contributed by atoms with Crippen molar-refractivity contribution in [1.82, 2.24) is 5.32 Å². The number of amides is 1. The van der Waals surface area contributed by atoms with Crippen molar-refractivity contribution in [2.24, 2.45) is 5.73 Å². The van der Waals surface area contributed by atoms with Gasteiger partial charge in [-0.1, -0.05) is 6.07 Å². The standard InChI is InChI=1S/C13H20N2O2/c1-4-17-11-7-5-6-10(8-11)12(16)15-13(2,3)9-14/h5-8H,4,9,14H2,1-3H3,(H,15,16). The first-order valence-corrected chi connectivity index (χ1v) is 5.74. The fourth-order valence-corrected chi connectivity index (χ4v) is 1.32. The van der Waals surface area contributed by atoms with Gasteiger partial charge < -0.3 is 15.8 Å². The number of hydrogen-bond donors (Lipinski definition) is 2. The normalized spacial score (nSPS) is 11.1. The third-order valence-electron chi connectivity index (χ3n) is 2.37. The van der Waals surface area contributed by atoms with Crippen LogP contribution in [0.15, 0.2) is 24.3 Å². The molecule has 0 saturated heterocycles. The van der Waals surface area contributed by atoms with Crippen molar-refractivity contribution in [3.05, 3.63) is 29.8 Å². The number of nitrogens with one attached hydrogen (secondary N) is 1. The van der Waals surface area contributed by atoms with E-state index in [-0.39, 0.29) is 5.91 Å². The van der Waals surface area contributed by atoms with E-state index in [0.717, 1.165) is 0 Å². The predicted molar refractivity (Wildman–Crippen MR) is 68.2 cm³/mol. The molecule has 0 radical (unpaired) electrons. The molecule has 4 nitrogen and oxygen atoms in total. The van der Waals surface area contributed by atoms with Crippen molar-refractivity contribution in [2.75, 3.05) is 13.2 Å². The van der Waals surface area contributed by atoms with E-state index in [1.54, 1.807) is 18.2 Å². The van der Waals surface area contributed by atoms with Crippen LogP contribution in [0.2, 0.25) is 0 Å². The molecule has 1 rings (SSSR count). The van der Waals surface area contributed by atoms with E-state index >= 15 is 0 Å². The maximum absolute atomic E-state index is 12.0. The molecule has 0 unspecified atom stereocenters. The van der Waals surface area contributed by atoms with Crippen molar-refractivity contribution in [2.45, 2.75) is 26.3 Å². The van der Waals surface area contributed by atoms with Crippen LogP contribution in [0.4, 0.5) is 0 Å². The summed E-state index contributed by atoms with van der Waals surface area (Å²) in [5.41, 5.74) is 5.75. The molecule has 1 amide bonds. The molecular formula is C13H20N2O2. The Morgan fingerprint density at radius 1 is 1.47 bits per heavy atom. The van der Waals surface area contributed by atoms with Gasteiger partial charge in [0.1, 0.15) is 5.75 Å². The van der Waals surface area contributed by atoms with Crippen LogP contribution >= 0.6 is 0 Å². The molecule has 0 saturated carbocycles. The number of hydrogen-bond acceptors (Lipinski definition) is 3. The van der Waals surface area contributed by atoms with Gasteiger partial charge in [0.15, 0.2) is 0 Å². The van der Waals surface area contributed by atoms with Crippen molar-refractivity contribution < 1.29 is 9.53 Å². The minimum atomic E-state index is -0.404. The molecule has 0 fully saturated rings. The Balaban J connectivity index is 2.78. The van der Waals surface area contributed by atoms with Crippen molar-refractivity contribution >= 4 is 5.91 Å². The lowest BCUT2D eigenvalue weighted by Crippen LogP contribution is -2.48. The molecular weight excluding hydrogens is 216 g/mol. The summed E-state index contributed by atoms with van der Waals surface area (Å²) in [7, 11) is 0. The van der Waals surface area contributed by atoms with Gasteiger partial charge in [0.25, 0.3) is 5.91 Å². The van der Waals surface area contributed by atoms with E-state index in [0.29, 0.717) is 24.5 Å². The van der Waals surface area contributed by atoms with Crippen LogP contribution in [-0.4, -0.2) is 24.6 Å². The minimum absolute atomic E-state index is 0.137. The molecule has 0 bridgehead atoms. The second-order valence-corrected chi connectivity index (χ2v) is 4.50. The number of benzene rings is 1. The van der Waals surface area contributed by atoms with Crippen molar-refractivity contribution in [3.8, 4) is 5.75 Å². The van der Waals surface area contributed by atoms with Gasteiger partial charge in [0, 0.05) is 17.6 Å². The Bertz CT molecular complexity index is 389. The minimum Gasteiger partial charge on any atom is -0.494 e. The molecule has 1 aromatic rings. The maximum Gasteiger partial charge on any atom is 0.251 e. The average molecular weight is 236 g/mol. The summed E-state index contributed by atoms with van der Waals surface area (Å²) in [5, 5.41) is 2.87. The van der Waals surface area contributed by atoms with Crippen LogP contribution < -0.4 is 15.8 Å². The molecule has 0 atom stereocenters. The Morgan fingerprint density at radius 3 is 2.76 bits per heavy atom. The average Bonchev–Trinajstić information content (AvgIpc) is 2.29. The summed E-state index contributed by atoms with van der Waals surface area (Å²) in [6.45, 7) is 6.65. The van der Waals surface area contributed by atoms with Gasteiger partial charge in [-0.3, -0.25) is 4.79 Å². The summed E-state index contributed by atoms with van der Waals surface area (Å²) in [6.07, 6.45) is 0. The predicted octanol–water partition coefficient (Wildman–Crippen LogP) is 1.55. The highest BCUT2D eigenvalue weighted by Crippen LogP contribution is 2.14. The van der Waals surface area contributed by atoms with E-state index in [1.807, 2.05) is 26.8 Å². The van der Waals surface area contributed by atoms with Gasteiger partial charge in [-0.25, -0.2) is 0 Å². The zero-order valence-electron chi connectivity index (χ0n) is 10.6. The van der Waals surface area contributed by atoms with Crippen LogP contribution in [0.3, 0.4) is 0 Å². The quantitative estimate of drug-likeness (QED) is 0.815. The first kappa shape index (κ1) is 13.5. The number of rotatable bonds is 5. The highest BCUT2D eigenvalue weighted by molar-refractivity contribution is 5.95. The topological polar surface area (TPSA) is 64.3 Å². The smallest absolute Gasteiger partial charge is 0.251 e. The summed E-state index contributed by atoms with van der Waals surface area (Å²) in [5.74, 6) is 0.563. The largest absolute Gasteiger partial charge is 0.494 e. The Morgan fingerprint density at radius 2 is 2.18 bits per heavy atom. The lowest BCUT2D eigenvalue weighted by molar-refractivity contribution is 0.0915. The van der Waals surface area contributed by atoms with Crippen LogP contribution in [0.25, 0.3) is 0 Å². The first-order valence-electron chi connectivity index (χ1n) is 5.74. The Labute approximate surface area is 102 Å². The monoisotopic (exact) mass is 236 g/mol. The summed E-state index contributed by atoms with van der Waals surface area (Å²) in [6, 6.07) is 7.11. The fraction of sp³-hybridized carbons (Fsp3) is 0.462. The third-order valence-corrected chi connectivity index (χ3v) is 2.37. The van der Waals surface area contributed by atoms with Gasteiger partial charge in [-0.2, -0.15) is 0 Å². The van der Waals surface area contributed by atoms with Crippen LogP contribution in [0.5, 0.6) is 5.75 Å². The van der Waals surface area contributed by atoms with Crippen molar-refractivity contribution in [3.63, 3.8) is 0 Å². The molecule has 17 heavy (non-hydrogen) atoms. The lowest BCUT2D eigenvalue weighted by Gasteiger charge is -2.24. The molecule has 94 valence electrons. The molecule has 3 N–H and O–H groups in total. The van der Waals surface area contributed by atoms with Crippen LogP contribution in [0.1, 0.15) is 31.1 Å². The molecule has 0 aromatic heterocycles. The summed E-state index contributed by atoms with van der Waals surface area (Å²) >= 11 is 0. The first-order chi connectivity index (χ1) is 7.98. The molecule has 0 aliphatic rings. The van der Waals surface area contributed by atoms with Gasteiger partial charge in [0.05, 0.1) is 6.61 Å². The molecule has 4 heteroatoms. The van der Waals surface area contributed by atoms with Crippen LogP contribution in [0, 0.1) is 0 Å². The maximum atomic E-state index is 12.0. The molecule has 1 aromatic carbocycles. The zero-order valence-corrected chi connectivity index (χ0v) is 10.6. The fourth-order valence-electron chi connectivity index (χ4n) is 1.32. The molecule has 0 heterocycles. The number of nitrogens with two attached hydrogens (primary N) is 1. The molecule has 0 aliphatic carbocycles. The van der Waals surface area contributed by atoms with Crippen LogP contribution in [-0.2, 0) is 0 Å². The van der Waals surface area contributed by atoms with Gasteiger partial charge in [-0.05, 0) is 39.0 Å². The Hall–Kier alpha value is -1.55. The second-order valence-electron chi connectivity index (χ2n) is 4.50. The van der Waals surface area contributed by atoms with E-state index in [1.165, 1.54) is 0 Å². The molecule has 0 aliphatic heterocycles. The highest BCUT2D eigenvalue weighted by atomic mass is 16.5. The Kier molecular flexibility index (Phi) is 4.52. The van der Waals surface area contributed by atoms with Gasteiger partial charge in [-0.15, -0.1) is 0 Å². The lowest BCUT2D eigenvalue weighted by atomic mass is 10.1. The zero-order chi connectivity index (χ0) is 12.9. The molecule has 0 spiro atoms. The van der Waals surface area contributed by atoms with E-state index in [9.17, 15) is 4.79 Å². The van der Waals surface area contributed by atoms with Gasteiger partial charge in [0.2, 0.25) is 0 Å². The highest BCUT2D eigenvalue weighted by Gasteiger charge is 2.19. The summed E-state index contributed by atoms with van der Waals surface area (Å²) in [4.78, 5) is 12.0. The van der Waals surface area contributed by atoms with Gasteiger partial charge >= 0.3 is 0 Å². The number of carbonyl (C=O) groups excluding carboxylic acids is 1.